The molecule has 0 fully saturated rings. The molecule has 0 aliphatic rings. The van der Waals surface area contributed by atoms with Gasteiger partial charge in [-0.2, -0.15) is 17.5 Å². The van der Waals surface area contributed by atoms with Crippen molar-refractivity contribution in [2.75, 3.05) is 0 Å². The molecule has 0 unspecified atom stereocenters. The molecule has 3 heteroatoms. The predicted octanol–water partition coefficient (Wildman–Crippen LogP) is 6.81. The number of rotatable bonds is 3. The zero-order chi connectivity index (χ0) is 18.5. The Balaban J connectivity index is 0.000000419. The molecule has 0 bridgehead atoms. The van der Waals surface area contributed by atoms with Crippen LogP contribution in [-0.2, 0) is 21.7 Å². The number of hydrogen-bond acceptors (Lipinski definition) is 1. The summed E-state index contributed by atoms with van der Waals surface area (Å²) in [6.45, 7) is 11.9. The molecule has 0 amide bonds. The third-order valence-corrected chi connectivity index (χ3v) is 3.24. The summed E-state index contributed by atoms with van der Waals surface area (Å²) in [5.41, 5.74) is 2.21. The Hall–Kier alpha value is -1.74. The van der Waals surface area contributed by atoms with Gasteiger partial charge in [0, 0.05) is 31.2 Å². The van der Waals surface area contributed by atoms with E-state index in [4.69, 9.17) is 4.74 Å². The van der Waals surface area contributed by atoms with Gasteiger partial charge in [0.15, 0.2) is 0 Å². The van der Waals surface area contributed by atoms with Crippen LogP contribution in [0.2, 0.25) is 13.1 Å². The first-order valence-electron chi connectivity index (χ1n) is 8.32. The van der Waals surface area contributed by atoms with Gasteiger partial charge < -0.3 is 4.74 Å². The first-order chi connectivity index (χ1) is 12.1. The van der Waals surface area contributed by atoms with Crippen molar-refractivity contribution in [1.29, 1.82) is 0 Å². The van der Waals surface area contributed by atoms with Crippen molar-refractivity contribution in [3.8, 4) is 5.75 Å². The van der Waals surface area contributed by atoms with Crippen molar-refractivity contribution in [3.63, 3.8) is 0 Å². The van der Waals surface area contributed by atoms with E-state index in [1.807, 2.05) is 38.1 Å². The Morgan fingerprint density at radius 1 is 1.08 bits per heavy atom. The summed E-state index contributed by atoms with van der Waals surface area (Å²) < 4.78 is 5.41. The van der Waals surface area contributed by atoms with Gasteiger partial charge in [0.2, 0.25) is 0 Å². The topological polar surface area (TPSA) is 9.23 Å². The molecule has 0 saturated carbocycles. The molecule has 0 heterocycles. The molecule has 3 aromatic carbocycles. The van der Waals surface area contributed by atoms with Crippen LogP contribution < -0.4 is 4.74 Å². The van der Waals surface area contributed by atoms with E-state index in [0.717, 1.165) is 20.8 Å². The summed E-state index contributed by atoms with van der Waals surface area (Å²) in [5, 5.41) is 2.66. The van der Waals surface area contributed by atoms with Gasteiger partial charge in [-0.1, -0.05) is 43.9 Å². The predicted molar refractivity (Wildman–Crippen MR) is 113 cm³/mol. The SMILES string of the molecule is C=CC(C)=COc1cccc(C)c1.C[Si]C.[Ti].c1ccc2[cH-]ccc2c1. The van der Waals surface area contributed by atoms with Gasteiger partial charge in [0.1, 0.15) is 5.75 Å². The van der Waals surface area contributed by atoms with Gasteiger partial charge in [-0.15, -0.1) is 29.7 Å². The first kappa shape index (κ1) is 24.3. The van der Waals surface area contributed by atoms with E-state index >= 15 is 0 Å². The van der Waals surface area contributed by atoms with Crippen molar-refractivity contribution >= 4 is 20.3 Å². The molecular weight excluding hydrogens is 368 g/mol. The number of ether oxygens (including phenoxy) is 1. The Morgan fingerprint density at radius 2 is 1.77 bits per heavy atom. The van der Waals surface area contributed by atoms with E-state index in [2.05, 4.69) is 62.1 Å². The second kappa shape index (κ2) is 14.4. The molecule has 0 atom stereocenters. The molecular formula is C23H27OSiTi-. The molecule has 134 valence electrons. The van der Waals surface area contributed by atoms with Crippen LogP contribution in [0.4, 0.5) is 0 Å². The van der Waals surface area contributed by atoms with Crippen LogP contribution in [0, 0.1) is 6.92 Å². The van der Waals surface area contributed by atoms with Gasteiger partial charge in [-0.25, -0.2) is 0 Å². The maximum Gasteiger partial charge on any atom is 0.126 e. The van der Waals surface area contributed by atoms with Crippen molar-refractivity contribution in [3.05, 3.63) is 96.8 Å². The van der Waals surface area contributed by atoms with E-state index in [-0.39, 0.29) is 21.7 Å². The third-order valence-electron chi connectivity index (χ3n) is 3.24. The first-order valence-corrected chi connectivity index (χ1v) is 10.3. The zero-order valence-corrected chi connectivity index (χ0v) is 18.7. The number of aryl methyl sites for hydroxylation is 1. The summed E-state index contributed by atoms with van der Waals surface area (Å²) >= 11 is 0. The van der Waals surface area contributed by atoms with Gasteiger partial charge in [0.25, 0.3) is 0 Å². The molecule has 2 radical (unpaired) electrons. The van der Waals surface area contributed by atoms with E-state index < -0.39 is 0 Å². The molecule has 1 nitrogen and oxygen atoms in total. The number of benzene rings is 2. The maximum atomic E-state index is 5.41. The Bertz CT molecular complexity index is 759. The third kappa shape index (κ3) is 9.67. The number of hydrogen-bond donors (Lipinski definition) is 0. The summed E-state index contributed by atoms with van der Waals surface area (Å²) in [7, 11) is 1.08. The molecule has 0 aliphatic carbocycles. The minimum atomic E-state index is 0. The molecule has 0 aliphatic heterocycles. The molecule has 0 spiro atoms. The molecule has 0 aromatic heterocycles. The van der Waals surface area contributed by atoms with Crippen molar-refractivity contribution in [2.45, 2.75) is 26.9 Å². The van der Waals surface area contributed by atoms with E-state index in [0.29, 0.717) is 0 Å². The Morgan fingerprint density at radius 3 is 2.38 bits per heavy atom. The van der Waals surface area contributed by atoms with Gasteiger partial charge in [-0.05, 0) is 37.1 Å². The monoisotopic (exact) mass is 395 g/mol. The van der Waals surface area contributed by atoms with Crippen LogP contribution in [0.15, 0.2) is 91.2 Å². The molecule has 0 N–H and O–H groups in total. The quantitative estimate of drug-likeness (QED) is 0.205. The van der Waals surface area contributed by atoms with Crippen molar-refractivity contribution in [1.82, 2.24) is 0 Å². The van der Waals surface area contributed by atoms with Crippen LogP contribution in [0.1, 0.15) is 12.5 Å². The van der Waals surface area contributed by atoms with Crippen molar-refractivity contribution < 1.29 is 26.5 Å². The van der Waals surface area contributed by atoms with Crippen molar-refractivity contribution in [2.24, 2.45) is 0 Å². The minimum Gasteiger partial charge on any atom is -0.465 e. The Kier molecular flexibility index (Phi) is 13.5. The second-order valence-corrected chi connectivity index (χ2v) is 6.66. The molecule has 3 rings (SSSR count). The minimum absolute atomic E-state index is 0. The number of allylic oxidation sites excluding steroid dienone is 2. The second-order valence-electron chi connectivity index (χ2n) is 5.66. The fourth-order valence-electron chi connectivity index (χ4n) is 1.97. The Labute approximate surface area is 175 Å². The smallest absolute Gasteiger partial charge is 0.126 e. The average Bonchev–Trinajstić information content (AvgIpc) is 3.10. The van der Waals surface area contributed by atoms with E-state index in [1.54, 1.807) is 12.3 Å². The van der Waals surface area contributed by atoms with Crippen LogP contribution in [0.25, 0.3) is 10.8 Å². The van der Waals surface area contributed by atoms with Gasteiger partial charge >= 0.3 is 0 Å². The maximum absolute atomic E-state index is 5.41. The summed E-state index contributed by atoms with van der Waals surface area (Å²) in [4.78, 5) is 0. The standard InChI is InChI=1S/C12H14O.C9H7.C2H6Si.Ti/c1-4-10(2)9-13-12-7-5-6-11(3)8-12;1-2-5-9-7-3-6-8(9)4-1;1-3-2;/h4-9H,1H2,2-3H3;1-7H;1-2H3;/q;-1;;. The van der Waals surface area contributed by atoms with E-state index in [9.17, 15) is 0 Å². The normalized spacial score (nSPS) is 9.77. The van der Waals surface area contributed by atoms with Gasteiger partial charge in [0.05, 0.1) is 6.26 Å². The van der Waals surface area contributed by atoms with E-state index in [1.165, 1.54) is 16.3 Å². The summed E-state index contributed by atoms with van der Waals surface area (Å²) in [6.07, 6.45) is 3.46. The number of fused-ring (bicyclic) bond motifs is 1. The average molecular weight is 395 g/mol. The van der Waals surface area contributed by atoms with Crippen LogP contribution >= 0.6 is 0 Å². The molecule has 0 saturated heterocycles. The fourth-order valence-corrected chi connectivity index (χ4v) is 1.97. The molecule has 26 heavy (non-hydrogen) atoms. The van der Waals surface area contributed by atoms with Crippen LogP contribution in [-0.4, -0.2) is 9.52 Å². The fraction of sp³-hybridized carbons (Fsp3) is 0.174. The van der Waals surface area contributed by atoms with Gasteiger partial charge in [-0.3, -0.25) is 0 Å². The largest absolute Gasteiger partial charge is 0.465 e. The summed E-state index contributed by atoms with van der Waals surface area (Å²) in [6, 6.07) is 22.6. The van der Waals surface area contributed by atoms with Crippen LogP contribution in [0.3, 0.4) is 0 Å². The zero-order valence-electron chi connectivity index (χ0n) is 16.1. The van der Waals surface area contributed by atoms with Crippen LogP contribution in [0.5, 0.6) is 5.75 Å². The molecule has 3 aromatic rings. The summed E-state index contributed by atoms with van der Waals surface area (Å²) in [5.74, 6) is 0.862.